The van der Waals surface area contributed by atoms with Crippen molar-refractivity contribution in [2.45, 2.75) is 33.1 Å². The first-order valence-corrected chi connectivity index (χ1v) is 5.77. The number of benzene rings is 1. The average molecular weight is 212 g/mol. The molecule has 2 rings (SSSR count). The molecule has 0 aliphatic rings. The van der Waals surface area contributed by atoms with Crippen molar-refractivity contribution in [1.29, 1.82) is 5.26 Å². The summed E-state index contributed by atoms with van der Waals surface area (Å²) in [4.78, 5) is 3.38. The number of aryl methyl sites for hydroxylation is 2. The summed E-state index contributed by atoms with van der Waals surface area (Å²) in [6.45, 7) is 4.31. The van der Waals surface area contributed by atoms with Crippen LogP contribution in [0.4, 0.5) is 0 Å². The topological polar surface area (TPSA) is 39.6 Å². The van der Waals surface area contributed by atoms with Crippen molar-refractivity contribution in [3.63, 3.8) is 0 Å². The quantitative estimate of drug-likeness (QED) is 0.828. The summed E-state index contributed by atoms with van der Waals surface area (Å²) in [6, 6.07) is 8.05. The molecule has 16 heavy (non-hydrogen) atoms. The summed E-state index contributed by atoms with van der Waals surface area (Å²) in [7, 11) is 0. The number of nitrogens with one attached hydrogen (secondary N) is 1. The smallest absolute Gasteiger partial charge is 0.0991 e. The van der Waals surface area contributed by atoms with E-state index in [2.05, 4.69) is 24.9 Å². The van der Waals surface area contributed by atoms with Crippen LogP contribution in [0.5, 0.6) is 0 Å². The first-order chi connectivity index (χ1) is 7.76. The Morgan fingerprint density at radius 2 is 2.19 bits per heavy atom. The van der Waals surface area contributed by atoms with Crippen LogP contribution in [0.2, 0.25) is 0 Å². The molecule has 2 nitrogen and oxygen atoms in total. The minimum atomic E-state index is 0.740. The molecule has 1 aromatic carbocycles. The monoisotopic (exact) mass is 212 g/mol. The highest BCUT2D eigenvalue weighted by Crippen LogP contribution is 2.24. The summed E-state index contributed by atoms with van der Waals surface area (Å²) in [5, 5.41) is 10.1. The zero-order valence-corrected chi connectivity index (χ0v) is 9.80. The molecule has 0 atom stereocenters. The highest BCUT2D eigenvalue weighted by Gasteiger charge is 2.08. The number of unbranched alkanes of at least 4 members (excludes halogenated alkanes) is 1. The number of hydrogen-bond donors (Lipinski definition) is 1. The molecule has 0 saturated carbocycles. The molecule has 2 heteroatoms. The Morgan fingerprint density at radius 1 is 1.38 bits per heavy atom. The Morgan fingerprint density at radius 3 is 2.88 bits per heavy atom. The average Bonchev–Trinajstić information content (AvgIpc) is 2.61. The Bertz CT molecular complexity index is 544. The first-order valence-electron chi connectivity index (χ1n) is 5.77. The van der Waals surface area contributed by atoms with Gasteiger partial charge < -0.3 is 4.98 Å². The fraction of sp³-hybridized carbons (Fsp3) is 0.357. The van der Waals surface area contributed by atoms with Crippen LogP contribution in [0.15, 0.2) is 18.2 Å². The summed E-state index contributed by atoms with van der Waals surface area (Å²) in [5.74, 6) is 0. The predicted molar refractivity (Wildman–Crippen MR) is 66.4 cm³/mol. The number of aromatic amines is 1. The molecule has 0 fully saturated rings. The Labute approximate surface area is 95.9 Å². The number of fused-ring (bicyclic) bond motifs is 1. The molecule has 0 bridgehead atoms. The molecule has 0 saturated heterocycles. The molecule has 2 aromatic rings. The molecule has 0 spiro atoms. The van der Waals surface area contributed by atoms with E-state index in [0.717, 1.165) is 17.5 Å². The molecular formula is C14H16N2. The van der Waals surface area contributed by atoms with E-state index in [4.69, 9.17) is 5.26 Å². The first kappa shape index (κ1) is 10.8. The Hall–Kier alpha value is -1.75. The third kappa shape index (κ3) is 1.81. The van der Waals surface area contributed by atoms with Crippen molar-refractivity contribution in [3.8, 4) is 6.07 Å². The van der Waals surface area contributed by atoms with E-state index in [-0.39, 0.29) is 0 Å². The molecule has 1 aromatic heterocycles. The number of hydrogen-bond acceptors (Lipinski definition) is 1. The van der Waals surface area contributed by atoms with Gasteiger partial charge in [-0.15, -0.1) is 0 Å². The van der Waals surface area contributed by atoms with Gasteiger partial charge in [0.2, 0.25) is 0 Å². The van der Waals surface area contributed by atoms with Crippen molar-refractivity contribution in [3.05, 3.63) is 35.0 Å². The van der Waals surface area contributed by atoms with Crippen molar-refractivity contribution in [2.75, 3.05) is 0 Å². The van der Waals surface area contributed by atoms with Crippen molar-refractivity contribution >= 4 is 10.9 Å². The van der Waals surface area contributed by atoms with E-state index in [1.54, 1.807) is 0 Å². The molecule has 0 aliphatic heterocycles. The number of nitrogens with zero attached hydrogens (tertiary/aromatic N) is 1. The standard InChI is InChI=1S/C14H16N2/c1-3-4-5-12-10(2)16-14-7-6-11(9-15)8-13(12)14/h6-8,16H,3-5H2,1-2H3. The van der Waals surface area contributed by atoms with E-state index in [9.17, 15) is 0 Å². The summed E-state index contributed by atoms with van der Waals surface area (Å²) in [5.41, 5.74) is 4.49. The van der Waals surface area contributed by atoms with Crippen LogP contribution in [0, 0.1) is 18.3 Å². The fourth-order valence-electron chi connectivity index (χ4n) is 2.13. The Balaban J connectivity index is 2.53. The van der Waals surface area contributed by atoms with Crippen LogP contribution in [0.1, 0.15) is 36.6 Å². The second kappa shape index (κ2) is 4.40. The number of rotatable bonds is 3. The van der Waals surface area contributed by atoms with Gasteiger partial charge in [-0.2, -0.15) is 5.26 Å². The van der Waals surface area contributed by atoms with Gasteiger partial charge in [-0.25, -0.2) is 0 Å². The lowest BCUT2D eigenvalue weighted by atomic mass is 10.0. The molecule has 1 heterocycles. The normalized spacial score (nSPS) is 10.6. The minimum absolute atomic E-state index is 0.740. The van der Waals surface area contributed by atoms with Crippen LogP contribution < -0.4 is 0 Å². The van der Waals surface area contributed by atoms with E-state index in [1.165, 1.54) is 29.5 Å². The maximum atomic E-state index is 8.91. The van der Waals surface area contributed by atoms with E-state index in [0.29, 0.717) is 0 Å². The number of H-pyrrole nitrogens is 1. The van der Waals surface area contributed by atoms with E-state index >= 15 is 0 Å². The van der Waals surface area contributed by atoms with Gasteiger partial charge in [0, 0.05) is 16.6 Å². The summed E-state index contributed by atoms with van der Waals surface area (Å²) >= 11 is 0. The third-order valence-electron chi connectivity index (χ3n) is 3.03. The van der Waals surface area contributed by atoms with Crippen LogP contribution in [0.3, 0.4) is 0 Å². The van der Waals surface area contributed by atoms with Gasteiger partial charge in [0.25, 0.3) is 0 Å². The molecule has 82 valence electrons. The second-order valence-electron chi connectivity index (χ2n) is 4.20. The zero-order valence-electron chi connectivity index (χ0n) is 9.80. The lowest BCUT2D eigenvalue weighted by molar-refractivity contribution is 0.794. The number of aromatic nitrogens is 1. The highest BCUT2D eigenvalue weighted by molar-refractivity contribution is 5.85. The van der Waals surface area contributed by atoms with Gasteiger partial charge in [-0.05, 0) is 43.5 Å². The third-order valence-corrected chi connectivity index (χ3v) is 3.03. The molecule has 1 N–H and O–H groups in total. The molecule has 0 unspecified atom stereocenters. The second-order valence-corrected chi connectivity index (χ2v) is 4.20. The maximum Gasteiger partial charge on any atom is 0.0991 e. The zero-order chi connectivity index (χ0) is 11.5. The largest absolute Gasteiger partial charge is 0.358 e. The summed E-state index contributed by atoms with van der Waals surface area (Å²) < 4.78 is 0. The Kier molecular flexibility index (Phi) is 2.96. The van der Waals surface area contributed by atoms with Gasteiger partial charge >= 0.3 is 0 Å². The van der Waals surface area contributed by atoms with Crippen LogP contribution in [-0.2, 0) is 6.42 Å². The molecule has 0 aliphatic carbocycles. The van der Waals surface area contributed by atoms with Gasteiger partial charge in [0.1, 0.15) is 0 Å². The van der Waals surface area contributed by atoms with Gasteiger partial charge in [-0.1, -0.05) is 13.3 Å². The van der Waals surface area contributed by atoms with Crippen molar-refractivity contribution in [2.24, 2.45) is 0 Å². The maximum absolute atomic E-state index is 8.91. The van der Waals surface area contributed by atoms with E-state index < -0.39 is 0 Å². The van der Waals surface area contributed by atoms with Crippen molar-refractivity contribution < 1.29 is 0 Å². The fourth-order valence-corrected chi connectivity index (χ4v) is 2.13. The minimum Gasteiger partial charge on any atom is -0.358 e. The SMILES string of the molecule is CCCCc1c(C)[nH]c2ccc(C#N)cc12. The lowest BCUT2D eigenvalue weighted by Crippen LogP contribution is -1.86. The molecule has 0 amide bonds. The van der Waals surface area contributed by atoms with Gasteiger partial charge in [-0.3, -0.25) is 0 Å². The van der Waals surface area contributed by atoms with Crippen LogP contribution in [-0.4, -0.2) is 4.98 Å². The number of nitriles is 1. The van der Waals surface area contributed by atoms with E-state index in [1.807, 2.05) is 18.2 Å². The van der Waals surface area contributed by atoms with Crippen LogP contribution >= 0.6 is 0 Å². The van der Waals surface area contributed by atoms with Crippen LogP contribution in [0.25, 0.3) is 10.9 Å². The lowest BCUT2D eigenvalue weighted by Gasteiger charge is -1.99. The predicted octanol–water partition coefficient (Wildman–Crippen LogP) is 3.69. The highest BCUT2D eigenvalue weighted by atomic mass is 14.7. The summed E-state index contributed by atoms with van der Waals surface area (Å²) in [6.07, 6.45) is 3.49. The van der Waals surface area contributed by atoms with Crippen molar-refractivity contribution in [1.82, 2.24) is 4.98 Å². The molecular weight excluding hydrogens is 196 g/mol. The molecule has 0 radical (unpaired) electrons. The van der Waals surface area contributed by atoms with Gasteiger partial charge in [0.15, 0.2) is 0 Å². The van der Waals surface area contributed by atoms with Gasteiger partial charge in [0.05, 0.1) is 11.6 Å².